The minimum Gasteiger partial charge on any atom is -0.329 e. The Bertz CT molecular complexity index is 1030. The lowest BCUT2D eigenvalue weighted by molar-refractivity contribution is 0.600. The second-order valence-corrected chi connectivity index (χ2v) is 7.33. The van der Waals surface area contributed by atoms with E-state index in [9.17, 15) is 22.0 Å². The maximum absolute atomic E-state index is 14.0. The first-order chi connectivity index (χ1) is 10.4. The summed E-state index contributed by atoms with van der Waals surface area (Å²) in [6.45, 7) is 0. The summed E-state index contributed by atoms with van der Waals surface area (Å²) >= 11 is 0.419. The van der Waals surface area contributed by atoms with Crippen molar-refractivity contribution in [2.45, 2.75) is 4.21 Å². The van der Waals surface area contributed by atoms with E-state index >= 15 is 0 Å². The van der Waals surface area contributed by atoms with E-state index < -0.39 is 26.5 Å². The first kappa shape index (κ1) is 14.7. The van der Waals surface area contributed by atoms with Gasteiger partial charge in [0.05, 0.1) is 5.69 Å². The first-order valence-electron chi connectivity index (χ1n) is 5.96. The van der Waals surface area contributed by atoms with Crippen molar-refractivity contribution in [3.05, 3.63) is 57.8 Å². The number of sulfonamides is 1. The monoisotopic (exact) mass is 342 g/mol. The average molecular weight is 342 g/mol. The number of H-pyrrole nitrogens is 1. The molecule has 0 radical (unpaired) electrons. The van der Waals surface area contributed by atoms with Gasteiger partial charge >= 0.3 is 0 Å². The molecule has 0 spiro atoms. The Labute approximate surface area is 127 Å². The van der Waals surface area contributed by atoms with E-state index in [0.29, 0.717) is 16.7 Å². The lowest BCUT2D eigenvalue weighted by Gasteiger charge is -2.08. The van der Waals surface area contributed by atoms with Crippen LogP contribution in [0.25, 0.3) is 10.8 Å². The van der Waals surface area contributed by atoms with E-state index in [1.54, 1.807) is 0 Å². The number of thiophene rings is 1. The van der Waals surface area contributed by atoms with Gasteiger partial charge in [-0.3, -0.25) is 9.52 Å². The van der Waals surface area contributed by atoms with Crippen molar-refractivity contribution in [3.63, 3.8) is 0 Å². The molecule has 0 saturated carbocycles. The number of hydrogen-bond donors (Lipinski definition) is 2. The number of hydrogen-bond acceptors (Lipinski definition) is 4. The lowest BCUT2D eigenvalue weighted by Crippen LogP contribution is -2.13. The Morgan fingerprint density at radius 1 is 1.14 bits per heavy atom. The van der Waals surface area contributed by atoms with Crippen LogP contribution in [0.2, 0.25) is 0 Å². The fourth-order valence-corrected chi connectivity index (χ4v) is 3.98. The topological polar surface area (TPSA) is 79.0 Å². The van der Waals surface area contributed by atoms with Gasteiger partial charge < -0.3 is 4.98 Å². The highest BCUT2D eigenvalue weighted by atomic mass is 32.2. The SMILES string of the molecule is O=c1[nH]ccc2cc(F)c(NS(=O)(=O)c3ccc(F)s3)cc12. The summed E-state index contributed by atoms with van der Waals surface area (Å²) in [6.07, 6.45) is 1.36. The fourth-order valence-electron chi connectivity index (χ4n) is 1.92. The highest BCUT2D eigenvalue weighted by molar-refractivity contribution is 7.94. The van der Waals surface area contributed by atoms with Crippen molar-refractivity contribution in [2.24, 2.45) is 0 Å². The van der Waals surface area contributed by atoms with Crippen molar-refractivity contribution < 1.29 is 17.2 Å². The molecule has 3 rings (SSSR count). The lowest BCUT2D eigenvalue weighted by atomic mass is 10.1. The quantitative estimate of drug-likeness (QED) is 0.768. The molecule has 0 saturated heterocycles. The number of halogens is 2. The van der Waals surface area contributed by atoms with Crippen LogP contribution in [0.15, 0.2) is 45.5 Å². The smallest absolute Gasteiger partial charge is 0.271 e. The van der Waals surface area contributed by atoms with Crippen LogP contribution >= 0.6 is 11.3 Å². The highest BCUT2D eigenvalue weighted by Gasteiger charge is 2.19. The molecule has 2 N–H and O–H groups in total. The molecular formula is C13H8F2N2O3S2. The standard InChI is InChI=1S/C13H8F2N2O3S2/c14-9-5-7-3-4-16-13(18)8(7)6-10(9)17-22(19,20)12-2-1-11(15)21-12/h1-6,17H,(H,16,18). The molecule has 2 aromatic heterocycles. The van der Waals surface area contributed by atoms with Crippen LogP contribution in [-0.2, 0) is 10.0 Å². The Hall–Kier alpha value is -2.26. The number of nitrogens with one attached hydrogen (secondary N) is 2. The summed E-state index contributed by atoms with van der Waals surface area (Å²) in [4.78, 5) is 14.1. The van der Waals surface area contributed by atoms with Gasteiger partial charge in [-0.15, -0.1) is 0 Å². The molecule has 9 heteroatoms. The van der Waals surface area contributed by atoms with Gasteiger partial charge in [-0.25, -0.2) is 12.8 Å². The molecule has 0 fully saturated rings. The molecule has 1 aromatic carbocycles. The molecule has 0 aliphatic rings. The third kappa shape index (κ3) is 2.60. The predicted octanol–water partition coefficient (Wildman–Crippen LogP) is 2.67. The summed E-state index contributed by atoms with van der Waals surface area (Å²) in [6, 6.07) is 5.73. The maximum Gasteiger partial charge on any atom is 0.271 e. The molecule has 0 aliphatic carbocycles. The van der Waals surface area contributed by atoms with Gasteiger partial charge in [0.1, 0.15) is 10.0 Å². The van der Waals surface area contributed by atoms with E-state index in [1.165, 1.54) is 12.3 Å². The summed E-state index contributed by atoms with van der Waals surface area (Å²) in [7, 11) is -4.12. The van der Waals surface area contributed by atoms with Crippen molar-refractivity contribution >= 4 is 37.8 Å². The fraction of sp³-hybridized carbons (Fsp3) is 0. The van der Waals surface area contributed by atoms with Gasteiger partial charge in [0.25, 0.3) is 15.6 Å². The Kier molecular flexibility index (Phi) is 3.45. The zero-order chi connectivity index (χ0) is 15.9. The molecule has 3 aromatic rings. The zero-order valence-electron chi connectivity index (χ0n) is 10.8. The van der Waals surface area contributed by atoms with Gasteiger partial charge in [0.15, 0.2) is 5.13 Å². The second-order valence-electron chi connectivity index (χ2n) is 4.39. The van der Waals surface area contributed by atoms with Crippen molar-refractivity contribution in [1.29, 1.82) is 0 Å². The number of aromatic nitrogens is 1. The minimum atomic E-state index is -4.12. The molecule has 5 nitrogen and oxygen atoms in total. The van der Waals surface area contributed by atoms with E-state index in [2.05, 4.69) is 4.98 Å². The largest absolute Gasteiger partial charge is 0.329 e. The van der Waals surface area contributed by atoms with Crippen LogP contribution in [0.3, 0.4) is 0 Å². The molecule has 0 atom stereocenters. The first-order valence-corrected chi connectivity index (χ1v) is 8.26. The number of anilines is 1. The van der Waals surface area contributed by atoms with Crippen LogP contribution in [-0.4, -0.2) is 13.4 Å². The molecule has 114 valence electrons. The van der Waals surface area contributed by atoms with Crippen molar-refractivity contribution in [2.75, 3.05) is 4.72 Å². The van der Waals surface area contributed by atoms with E-state index in [0.717, 1.165) is 24.3 Å². The van der Waals surface area contributed by atoms with Crippen molar-refractivity contribution in [1.82, 2.24) is 4.98 Å². The Morgan fingerprint density at radius 3 is 2.59 bits per heavy atom. The minimum absolute atomic E-state index is 0.138. The number of pyridine rings is 1. The number of aromatic amines is 1. The maximum atomic E-state index is 14.0. The Balaban J connectivity index is 2.09. The number of rotatable bonds is 3. The number of fused-ring (bicyclic) bond motifs is 1. The van der Waals surface area contributed by atoms with E-state index in [-0.39, 0.29) is 15.3 Å². The molecule has 2 heterocycles. The highest BCUT2D eigenvalue weighted by Crippen LogP contribution is 2.26. The van der Waals surface area contributed by atoms with Gasteiger partial charge in [0.2, 0.25) is 0 Å². The summed E-state index contributed by atoms with van der Waals surface area (Å²) in [5, 5.41) is -0.193. The molecule has 0 aliphatic heterocycles. The zero-order valence-corrected chi connectivity index (χ0v) is 12.4. The normalized spacial score (nSPS) is 11.7. The third-order valence-electron chi connectivity index (χ3n) is 2.92. The predicted molar refractivity (Wildman–Crippen MR) is 79.6 cm³/mol. The molecular weight excluding hydrogens is 334 g/mol. The van der Waals surface area contributed by atoms with Gasteiger partial charge in [0, 0.05) is 11.6 Å². The van der Waals surface area contributed by atoms with Gasteiger partial charge in [-0.1, -0.05) is 11.3 Å². The Morgan fingerprint density at radius 2 is 1.91 bits per heavy atom. The molecule has 22 heavy (non-hydrogen) atoms. The van der Waals surface area contributed by atoms with E-state index in [4.69, 9.17) is 0 Å². The third-order valence-corrected chi connectivity index (χ3v) is 5.65. The van der Waals surface area contributed by atoms with Crippen LogP contribution in [0.4, 0.5) is 14.5 Å². The number of benzene rings is 1. The summed E-state index contributed by atoms with van der Waals surface area (Å²) < 4.78 is 52.8. The van der Waals surface area contributed by atoms with Crippen LogP contribution < -0.4 is 10.3 Å². The molecule has 0 bridgehead atoms. The van der Waals surface area contributed by atoms with E-state index in [1.807, 2.05) is 4.72 Å². The van der Waals surface area contributed by atoms with Gasteiger partial charge in [-0.2, -0.15) is 4.39 Å². The molecule has 0 amide bonds. The second kappa shape index (κ2) is 5.18. The summed E-state index contributed by atoms with van der Waals surface area (Å²) in [5.74, 6) is -0.835. The van der Waals surface area contributed by atoms with Crippen LogP contribution in [0.5, 0.6) is 0 Å². The summed E-state index contributed by atoms with van der Waals surface area (Å²) in [5.41, 5.74) is -0.849. The van der Waals surface area contributed by atoms with Crippen LogP contribution in [0, 0.1) is 10.9 Å². The molecule has 0 unspecified atom stereocenters. The average Bonchev–Trinajstić information content (AvgIpc) is 2.88. The van der Waals surface area contributed by atoms with Crippen molar-refractivity contribution in [3.8, 4) is 0 Å². The van der Waals surface area contributed by atoms with Crippen LogP contribution in [0.1, 0.15) is 0 Å². The van der Waals surface area contributed by atoms with Gasteiger partial charge in [-0.05, 0) is 35.7 Å².